The van der Waals surface area contributed by atoms with Crippen LogP contribution in [0.25, 0.3) is 0 Å². The number of rotatable bonds is 6. The Labute approximate surface area is 122 Å². The van der Waals surface area contributed by atoms with Gasteiger partial charge in [-0.25, -0.2) is 0 Å². The summed E-state index contributed by atoms with van der Waals surface area (Å²) in [5.41, 5.74) is 1.75. The molecule has 0 spiro atoms. The average molecular weight is 291 g/mol. The van der Waals surface area contributed by atoms with Gasteiger partial charge < -0.3 is 14.8 Å². The summed E-state index contributed by atoms with van der Waals surface area (Å²) in [5, 5.41) is 7.01. The number of hydrogen-bond donors (Lipinski definition) is 1. The second-order valence-electron chi connectivity index (χ2n) is 4.20. The summed E-state index contributed by atoms with van der Waals surface area (Å²) in [7, 11) is 3.12. The lowest BCUT2D eigenvalue weighted by Gasteiger charge is -2.10. The number of amides is 1. The van der Waals surface area contributed by atoms with Crippen molar-refractivity contribution < 1.29 is 14.3 Å². The van der Waals surface area contributed by atoms with Gasteiger partial charge >= 0.3 is 0 Å². The maximum atomic E-state index is 12.1. The van der Waals surface area contributed by atoms with Crippen LogP contribution in [-0.2, 0) is 6.42 Å². The van der Waals surface area contributed by atoms with E-state index in [-0.39, 0.29) is 5.91 Å². The lowest BCUT2D eigenvalue weighted by atomic mass is 10.1. The molecule has 0 bridgehead atoms. The smallest absolute Gasteiger partial charge is 0.255 e. The summed E-state index contributed by atoms with van der Waals surface area (Å²) in [4.78, 5) is 12.1. The van der Waals surface area contributed by atoms with Gasteiger partial charge in [0.05, 0.1) is 19.8 Å². The van der Waals surface area contributed by atoms with Crippen LogP contribution < -0.4 is 14.8 Å². The first kappa shape index (κ1) is 14.4. The Morgan fingerprint density at radius 2 is 2.10 bits per heavy atom. The fraction of sp³-hybridized carbons (Fsp3) is 0.267. The van der Waals surface area contributed by atoms with Gasteiger partial charge in [0, 0.05) is 12.6 Å². The van der Waals surface area contributed by atoms with E-state index in [1.54, 1.807) is 36.6 Å². The lowest BCUT2D eigenvalue weighted by molar-refractivity contribution is 0.0951. The van der Waals surface area contributed by atoms with Crippen LogP contribution in [0.4, 0.5) is 0 Å². The van der Waals surface area contributed by atoms with Gasteiger partial charge in [-0.1, -0.05) is 0 Å². The van der Waals surface area contributed by atoms with E-state index in [9.17, 15) is 4.79 Å². The van der Waals surface area contributed by atoms with Gasteiger partial charge in [-0.05, 0) is 40.9 Å². The summed E-state index contributed by atoms with van der Waals surface area (Å²) < 4.78 is 10.3. The molecule has 0 saturated heterocycles. The highest BCUT2D eigenvalue weighted by Gasteiger charge is 2.12. The molecule has 1 N–H and O–H groups in total. The van der Waals surface area contributed by atoms with E-state index < -0.39 is 0 Å². The molecule has 0 aliphatic carbocycles. The summed E-state index contributed by atoms with van der Waals surface area (Å²) in [6, 6.07) is 7.21. The van der Waals surface area contributed by atoms with Crippen molar-refractivity contribution in [3.63, 3.8) is 0 Å². The number of carbonyl (C=O) groups excluding carboxylic acids is 1. The Balaban J connectivity index is 1.98. The summed E-state index contributed by atoms with van der Waals surface area (Å²) >= 11 is 1.66. The number of hydrogen-bond acceptors (Lipinski definition) is 4. The van der Waals surface area contributed by atoms with Crippen LogP contribution in [0.2, 0.25) is 0 Å². The van der Waals surface area contributed by atoms with Crippen molar-refractivity contribution in [1.82, 2.24) is 5.32 Å². The molecule has 0 radical (unpaired) electrons. The molecule has 0 unspecified atom stereocenters. The number of thiophene rings is 1. The van der Waals surface area contributed by atoms with E-state index in [1.807, 2.05) is 5.38 Å². The highest BCUT2D eigenvalue weighted by atomic mass is 32.1. The first-order chi connectivity index (χ1) is 9.74. The SMILES string of the molecule is COc1ccc(C(=O)NCCc2ccsc2)c(OC)c1. The molecule has 1 aromatic carbocycles. The van der Waals surface area contributed by atoms with Crippen LogP contribution in [0.3, 0.4) is 0 Å². The first-order valence-electron chi connectivity index (χ1n) is 6.26. The predicted molar refractivity (Wildman–Crippen MR) is 79.9 cm³/mol. The zero-order valence-electron chi connectivity index (χ0n) is 11.5. The molecule has 1 aromatic heterocycles. The van der Waals surface area contributed by atoms with Gasteiger partial charge in [-0.2, -0.15) is 11.3 Å². The minimum Gasteiger partial charge on any atom is -0.497 e. The van der Waals surface area contributed by atoms with Crippen molar-refractivity contribution in [2.24, 2.45) is 0 Å². The molecule has 0 saturated carbocycles. The second kappa shape index (κ2) is 6.96. The van der Waals surface area contributed by atoms with Crippen LogP contribution >= 0.6 is 11.3 Å². The largest absolute Gasteiger partial charge is 0.497 e. The van der Waals surface area contributed by atoms with Gasteiger partial charge in [0.2, 0.25) is 0 Å². The molecule has 0 fully saturated rings. The minimum absolute atomic E-state index is 0.139. The molecule has 106 valence electrons. The van der Waals surface area contributed by atoms with Gasteiger partial charge in [0.15, 0.2) is 0 Å². The maximum Gasteiger partial charge on any atom is 0.255 e. The normalized spacial score (nSPS) is 10.1. The molecule has 5 heteroatoms. The molecule has 2 rings (SSSR count). The van der Waals surface area contributed by atoms with E-state index in [0.29, 0.717) is 23.6 Å². The van der Waals surface area contributed by atoms with Crippen LogP contribution in [-0.4, -0.2) is 26.7 Å². The van der Waals surface area contributed by atoms with Crippen molar-refractivity contribution in [3.8, 4) is 11.5 Å². The van der Waals surface area contributed by atoms with Gasteiger partial charge in [0.25, 0.3) is 5.91 Å². The molecular weight excluding hydrogens is 274 g/mol. The highest BCUT2D eigenvalue weighted by Crippen LogP contribution is 2.24. The Morgan fingerprint density at radius 1 is 1.25 bits per heavy atom. The van der Waals surface area contributed by atoms with E-state index >= 15 is 0 Å². The molecule has 4 nitrogen and oxygen atoms in total. The molecule has 20 heavy (non-hydrogen) atoms. The molecule has 1 amide bonds. The van der Waals surface area contributed by atoms with E-state index in [0.717, 1.165) is 6.42 Å². The number of benzene rings is 1. The molecular formula is C15H17NO3S. The zero-order valence-corrected chi connectivity index (χ0v) is 12.3. The third kappa shape index (κ3) is 3.51. The van der Waals surface area contributed by atoms with Crippen LogP contribution in [0.5, 0.6) is 11.5 Å². The minimum atomic E-state index is -0.139. The van der Waals surface area contributed by atoms with E-state index in [2.05, 4.69) is 16.8 Å². The van der Waals surface area contributed by atoms with Crippen molar-refractivity contribution in [1.29, 1.82) is 0 Å². The van der Waals surface area contributed by atoms with Crippen molar-refractivity contribution in [3.05, 3.63) is 46.2 Å². The molecule has 1 heterocycles. The monoisotopic (exact) mass is 291 g/mol. The molecule has 0 atom stereocenters. The van der Waals surface area contributed by atoms with Gasteiger partial charge in [-0.15, -0.1) is 0 Å². The first-order valence-corrected chi connectivity index (χ1v) is 7.20. The van der Waals surface area contributed by atoms with Crippen LogP contribution in [0.15, 0.2) is 35.0 Å². The van der Waals surface area contributed by atoms with Crippen molar-refractivity contribution in [2.45, 2.75) is 6.42 Å². The summed E-state index contributed by atoms with van der Waals surface area (Å²) in [5.74, 6) is 1.04. The Hall–Kier alpha value is -2.01. The third-order valence-corrected chi connectivity index (χ3v) is 3.66. The number of methoxy groups -OCH3 is 2. The summed E-state index contributed by atoms with van der Waals surface area (Å²) in [6.07, 6.45) is 0.827. The zero-order chi connectivity index (χ0) is 14.4. The quantitative estimate of drug-likeness (QED) is 0.890. The van der Waals surface area contributed by atoms with E-state index in [1.165, 1.54) is 12.7 Å². The molecule has 0 aliphatic rings. The Morgan fingerprint density at radius 3 is 2.75 bits per heavy atom. The average Bonchev–Trinajstić information content (AvgIpc) is 2.99. The van der Waals surface area contributed by atoms with Crippen molar-refractivity contribution >= 4 is 17.2 Å². The van der Waals surface area contributed by atoms with Crippen molar-refractivity contribution in [2.75, 3.05) is 20.8 Å². The lowest BCUT2D eigenvalue weighted by Crippen LogP contribution is -2.26. The topological polar surface area (TPSA) is 47.6 Å². The molecule has 0 aliphatic heterocycles. The standard InChI is InChI=1S/C15H17NO3S/c1-18-12-3-4-13(14(9-12)19-2)15(17)16-7-5-11-6-8-20-10-11/h3-4,6,8-10H,5,7H2,1-2H3,(H,16,17). The van der Waals surface area contributed by atoms with Gasteiger partial charge in [0.1, 0.15) is 11.5 Å². The summed E-state index contributed by atoms with van der Waals surface area (Å²) in [6.45, 7) is 0.602. The van der Waals surface area contributed by atoms with E-state index in [4.69, 9.17) is 9.47 Å². The Kier molecular flexibility index (Phi) is 5.01. The Bertz CT molecular complexity index is 567. The number of ether oxygens (including phenoxy) is 2. The number of carbonyl (C=O) groups is 1. The fourth-order valence-corrected chi connectivity index (χ4v) is 2.54. The second-order valence-corrected chi connectivity index (χ2v) is 4.98. The predicted octanol–water partition coefficient (Wildman–Crippen LogP) is 2.74. The van der Waals surface area contributed by atoms with Gasteiger partial charge in [-0.3, -0.25) is 4.79 Å². The van der Waals surface area contributed by atoms with Crippen LogP contribution in [0, 0.1) is 0 Å². The fourth-order valence-electron chi connectivity index (χ4n) is 1.84. The van der Waals surface area contributed by atoms with Crippen LogP contribution in [0.1, 0.15) is 15.9 Å². The number of nitrogens with one attached hydrogen (secondary N) is 1. The highest BCUT2D eigenvalue weighted by molar-refractivity contribution is 7.07. The molecule has 2 aromatic rings. The third-order valence-electron chi connectivity index (χ3n) is 2.93. The maximum absolute atomic E-state index is 12.1.